The van der Waals surface area contributed by atoms with E-state index in [4.69, 9.17) is 4.74 Å². The highest BCUT2D eigenvalue weighted by atomic mass is 16.5. The van der Waals surface area contributed by atoms with Crippen molar-refractivity contribution in [1.82, 2.24) is 13.7 Å². The number of aryl methyl sites for hydroxylation is 1. The van der Waals surface area contributed by atoms with Gasteiger partial charge in [0.15, 0.2) is 11.5 Å². The van der Waals surface area contributed by atoms with Crippen LogP contribution in [0.4, 0.5) is 5.69 Å². The van der Waals surface area contributed by atoms with Gasteiger partial charge in [0.1, 0.15) is 0 Å². The summed E-state index contributed by atoms with van der Waals surface area (Å²) >= 11 is 0. The molecular weight excluding hydrogens is 468 g/mol. The van der Waals surface area contributed by atoms with Gasteiger partial charge in [0.05, 0.1) is 46.3 Å². The summed E-state index contributed by atoms with van der Waals surface area (Å²) in [4.78, 5) is 26.9. The topological polar surface area (TPSA) is 90.4 Å². The van der Waals surface area contributed by atoms with E-state index in [9.17, 15) is 14.7 Å². The second-order valence-electron chi connectivity index (χ2n) is 9.09. The maximum absolute atomic E-state index is 13.7. The smallest absolute Gasteiger partial charge is 0.331 e. The molecule has 0 saturated carbocycles. The second-order valence-corrected chi connectivity index (χ2v) is 9.09. The minimum absolute atomic E-state index is 0.0113. The Morgan fingerprint density at radius 3 is 2.41 bits per heavy atom. The highest BCUT2D eigenvalue weighted by molar-refractivity contribution is 5.99. The van der Waals surface area contributed by atoms with E-state index in [-0.39, 0.29) is 11.3 Å². The van der Waals surface area contributed by atoms with Crippen molar-refractivity contribution in [2.24, 2.45) is 14.1 Å². The Morgan fingerprint density at radius 1 is 0.919 bits per heavy atom. The first-order chi connectivity index (χ1) is 17.9. The molecule has 2 N–H and O–H groups in total. The molecule has 6 rings (SSSR count). The van der Waals surface area contributed by atoms with Gasteiger partial charge in [-0.2, -0.15) is 0 Å². The van der Waals surface area contributed by atoms with E-state index in [1.54, 1.807) is 13.1 Å². The number of anilines is 1. The largest absolute Gasteiger partial charge is 0.504 e. The number of nitrogens with one attached hydrogen (secondary N) is 1. The van der Waals surface area contributed by atoms with Gasteiger partial charge in [-0.05, 0) is 30.7 Å². The molecule has 0 bridgehead atoms. The Kier molecular flexibility index (Phi) is 5.19. The van der Waals surface area contributed by atoms with Gasteiger partial charge in [0, 0.05) is 19.7 Å². The third-order valence-corrected chi connectivity index (χ3v) is 7.02. The third kappa shape index (κ3) is 3.22. The maximum atomic E-state index is 13.7. The van der Waals surface area contributed by atoms with Gasteiger partial charge in [0.25, 0.3) is 5.56 Å². The summed E-state index contributed by atoms with van der Waals surface area (Å²) in [6.45, 7) is 2.26. The molecule has 8 nitrogen and oxygen atoms in total. The molecule has 8 heteroatoms. The molecule has 0 fully saturated rings. The van der Waals surface area contributed by atoms with E-state index in [1.165, 1.54) is 11.6 Å². The van der Waals surface area contributed by atoms with Crippen LogP contribution in [0.25, 0.3) is 27.8 Å². The predicted octanol–water partition coefficient (Wildman–Crippen LogP) is 4.31. The van der Waals surface area contributed by atoms with Crippen molar-refractivity contribution < 1.29 is 9.84 Å². The lowest BCUT2D eigenvalue weighted by atomic mass is 9.98. The van der Waals surface area contributed by atoms with Gasteiger partial charge < -0.3 is 19.7 Å². The van der Waals surface area contributed by atoms with Crippen LogP contribution in [0.15, 0.2) is 82.4 Å². The number of ether oxygens (including phenoxy) is 1. The average Bonchev–Trinajstić information content (AvgIpc) is 3.29. The Labute approximate surface area is 212 Å². The zero-order chi connectivity index (χ0) is 25.8. The fourth-order valence-corrected chi connectivity index (χ4v) is 5.37. The van der Waals surface area contributed by atoms with E-state index < -0.39 is 11.7 Å². The number of rotatable bonds is 4. The summed E-state index contributed by atoms with van der Waals surface area (Å²) in [6, 6.07) is 22.3. The molecule has 0 amide bonds. The molecule has 2 aromatic heterocycles. The van der Waals surface area contributed by atoms with Crippen molar-refractivity contribution in [2.75, 3.05) is 11.9 Å². The second kappa shape index (κ2) is 8.44. The molecular formula is C29H26N4O4. The molecule has 0 unspecified atom stereocenters. The van der Waals surface area contributed by atoms with Crippen LogP contribution in [-0.4, -0.2) is 25.4 Å². The van der Waals surface area contributed by atoms with Crippen molar-refractivity contribution in [1.29, 1.82) is 0 Å². The van der Waals surface area contributed by atoms with Crippen molar-refractivity contribution >= 4 is 16.6 Å². The molecule has 3 heterocycles. The fourth-order valence-electron chi connectivity index (χ4n) is 5.37. The molecule has 0 aliphatic carbocycles. The Hall–Kier alpha value is -4.72. The molecule has 0 radical (unpaired) electrons. The Bertz CT molecular complexity index is 1800. The van der Waals surface area contributed by atoms with Crippen LogP contribution >= 0.6 is 0 Å². The van der Waals surface area contributed by atoms with Gasteiger partial charge in [-0.1, -0.05) is 54.6 Å². The summed E-state index contributed by atoms with van der Waals surface area (Å²) in [6.07, 6.45) is 0. The van der Waals surface area contributed by atoms with Gasteiger partial charge in [-0.25, -0.2) is 4.79 Å². The monoisotopic (exact) mass is 494 g/mol. The number of phenols is 1. The van der Waals surface area contributed by atoms with E-state index in [1.807, 2.05) is 78.2 Å². The number of phenolic OH excluding ortho intramolecular Hbond substituents is 1. The number of hydrogen-bond acceptors (Lipinski definition) is 5. The van der Waals surface area contributed by atoms with Crippen LogP contribution in [0.1, 0.15) is 24.2 Å². The fraction of sp³-hybridized carbons (Fsp3) is 0.172. The van der Waals surface area contributed by atoms with E-state index >= 15 is 0 Å². The lowest BCUT2D eigenvalue weighted by molar-refractivity contribution is 0.316. The third-order valence-electron chi connectivity index (χ3n) is 7.02. The normalized spacial score (nSPS) is 14.2. The summed E-state index contributed by atoms with van der Waals surface area (Å²) in [5.41, 5.74) is 4.21. The standard InChI is InChI=1S/C29H26N4O4/c1-4-37-21-16-10-13-18(27(21)34)23-26-25-22(28(35)32(3)29(36)31(25)2)24(17-11-6-5-7-12-17)33(26)20-15-9-8-14-19(20)30-23/h5-16,23,30,34H,4H2,1-3H3/t23-/m0/s1. The Morgan fingerprint density at radius 2 is 1.65 bits per heavy atom. The zero-order valence-electron chi connectivity index (χ0n) is 20.7. The molecule has 1 aliphatic heterocycles. The van der Waals surface area contributed by atoms with Crippen LogP contribution in [0.5, 0.6) is 11.5 Å². The van der Waals surface area contributed by atoms with Crippen LogP contribution in [0, 0.1) is 0 Å². The highest BCUT2D eigenvalue weighted by Gasteiger charge is 2.36. The molecule has 0 spiro atoms. The van der Waals surface area contributed by atoms with Crippen molar-refractivity contribution in [3.63, 3.8) is 0 Å². The SMILES string of the molecule is CCOc1cccc([C@@H]2Nc3ccccc3-n3c(-c4ccccc4)c4c(=O)n(C)c(=O)n(C)c4c32)c1O. The minimum Gasteiger partial charge on any atom is -0.504 e. The van der Waals surface area contributed by atoms with Crippen molar-refractivity contribution in [2.45, 2.75) is 13.0 Å². The van der Waals surface area contributed by atoms with Crippen molar-refractivity contribution in [3.8, 4) is 28.4 Å². The maximum Gasteiger partial charge on any atom is 0.331 e. The molecule has 1 atom stereocenters. The lowest BCUT2D eigenvalue weighted by Crippen LogP contribution is -2.37. The van der Waals surface area contributed by atoms with Crippen molar-refractivity contribution in [3.05, 3.63) is 105 Å². The Balaban J connectivity index is 1.83. The molecule has 0 saturated heterocycles. The van der Waals surface area contributed by atoms with Gasteiger partial charge >= 0.3 is 5.69 Å². The number of aromatic nitrogens is 3. The first-order valence-electron chi connectivity index (χ1n) is 12.1. The number of para-hydroxylation sites is 3. The van der Waals surface area contributed by atoms with E-state index in [2.05, 4.69) is 5.32 Å². The highest BCUT2D eigenvalue weighted by Crippen LogP contribution is 2.47. The molecule has 37 heavy (non-hydrogen) atoms. The van der Waals surface area contributed by atoms with E-state index in [0.29, 0.717) is 40.2 Å². The first-order valence-corrected chi connectivity index (χ1v) is 12.1. The predicted molar refractivity (Wildman–Crippen MR) is 144 cm³/mol. The van der Waals surface area contributed by atoms with Crippen LogP contribution in [-0.2, 0) is 14.1 Å². The van der Waals surface area contributed by atoms with E-state index in [0.717, 1.165) is 21.5 Å². The average molecular weight is 495 g/mol. The summed E-state index contributed by atoms with van der Waals surface area (Å²) in [5.74, 6) is 0.383. The zero-order valence-corrected chi connectivity index (χ0v) is 20.7. The lowest BCUT2D eigenvalue weighted by Gasteiger charge is -2.31. The van der Waals surface area contributed by atoms with Crippen LogP contribution in [0.2, 0.25) is 0 Å². The first kappa shape index (κ1) is 22.7. The molecule has 186 valence electrons. The van der Waals surface area contributed by atoms with Gasteiger partial charge in [0.2, 0.25) is 0 Å². The molecule has 3 aromatic carbocycles. The summed E-state index contributed by atoms with van der Waals surface area (Å²) < 4.78 is 10.4. The summed E-state index contributed by atoms with van der Waals surface area (Å²) in [5, 5.41) is 15.3. The van der Waals surface area contributed by atoms with Crippen LogP contribution < -0.4 is 21.3 Å². The number of fused-ring (bicyclic) bond motifs is 5. The number of hydrogen-bond donors (Lipinski definition) is 2. The molecule has 5 aromatic rings. The number of benzene rings is 3. The van der Waals surface area contributed by atoms with Gasteiger partial charge in [-0.3, -0.25) is 13.9 Å². The number of aromatic hydroxyl groups is 1. The molecule has 1 aliphatic rings. The van der Waals surface area contributed by atoms with Gasteiger partial charge in [-0.15, -0.1) is 0 Å². The number of nitrogens with zero attached hydrogens (tertiary/aromatic N) is 3. The minimum atomic E-state index is -0.576. The quantitative estimate of drug-likeness (QED) is 0.389. The van der Waals surface area contributed by atoms with Crippen LogP contribution in [0.3, 0.4) is 0 Å². The summed E-state index contributed by atoms with van der Waals surface area (Å²) in [7, 11) is 3.17.